The van der Waals surface area contributed by atoms with Crippen LogP contribution in [0.1, 0.15) is 46.0 Å². The Morgan fingerprint density at radius 1 is 0.903 bits per heavy atom. The third-order valence-electron chi connectivity index (χ3n) is 6.95. The standard InChI is InChI=1S/C22H35ClN2O6/c1-4-30-20(26)18-10-17(23)13-24(18)11-14-6-7-15-12-25(22(28)29-3)19(9-16(15)8-14)21(27)31-5-2/h14-19H,4-13H2,1-3H3/t14?,15?,16?,17-,18-,19?/m0/s1. The molecule has 2 saturated heterocycles. The number of likely N-dealkylation sites (tertiary alicyclic amines) is 2. The molecule has 0 bridgehead atoms. The number of rotatable bonds is 6. The highest BCUT2D eigenvalue weighted by atomic mass is 35.5. The maximum absolute atomic E-state index is 12.5. The predicted octanol–water partition coefficient (Wildman–Crippen LogP) is 2.67. The lowest BCUT2D eigenvalue weighted by atomic mass is 9.69. The van der Waals surface area contributed by atoms with Crippen molar-refractivity contribution in [1.29, 1.82) is 0 Å². The van der Waals surface area contributed by atoms with Crippen LogP contribution in [0.3, 0.4) is 0 Å². The number of methoxy groups -OCH3 is 1. The van der Waals surface area contributed by atoms with Gasteiger partial charge in [-0.05, 0) is 63.7 Å². The molecule has 2 aliphatic heterocycles. The molecule has 0 radical (unpaired) electrons. The predicted molar refractivity (Wildman–Crippen MR) is 115 cm³/mol. The monoisotopic (exact) mass is 458 g/mol. The molecule has 1 aliphatic carbocycles. The first-order chi connectivity index (χ1) is 14.9. The Hall–Kier alpha value is -1.54. The van der Waals surface area contributed by atoms with Gasteiger partial charge in [0.15, 0.2) is 0 Å². The van der Waals surface area contributed by atoms with Gasteiger partial charge < -0.3 is 14.2 Å². The fourth-order valence-corrected chi connectivity index (χ4v) is 5.90. The number of fused-ring (bicyclic) bond motifs is 1. The fraction of sp³-hybridized carbons (Fsp3) is 0.864. The molecule has 0 aromatic rings. The van der Waals surface area contributed by atoms with E-state index in [1.54, 1.807) is 6.92 Å². The normalized spacial score (nSPS) is 33.5. The molecule has 1 amide bonds. The van der Waals surface area contributed by atoms with E-state index in [1.807, 2.05) is 6.92 Å². The number of carbonyl (C=O) groups is 3. The van der Waals surface area contributed by atoms with Gasteiger partial charge in [-0.25, -0.2) is 9.59 Å². The summed E-state index contributed by atoms with van der Waals surface area (Å²) in [5, 5.41) is -0.0396. The minimum absolute atomic E-state index is 0.0396. The number of ether oxygens (including phenoxy) is 3. The van der Waals surface area contributed by atoms with E-state index >= 15 is 0 Å². The Morgan fingerprint density at radius 3 is 2.23 bits per heavy atom. The molecule has 31 heavy (non-hydrogen) atoms. The average Bonchev–Trinajstić information content (AvgIpc) is 3.12. The van der Waals surface area contributed by atoms with Crippen LogP contribution in [-0.4, -0.2) is 85.3 Å². The second-order valence-corrected chi connectivity index (χ2v) is 9.50. The van der Waals surface area contributed by atoms with Crippen molar-refractivity contribution in [2.24, 2.45) is 17.8 Å². The number of alkyl halides is 1. The van der Waals surface area contributed by atoms with Crippen LogP contribution in [0.5, 0.6) is 0 Å². The molecule has 2 heterocycles. The van der Waals surface area contributed by atoms with E-state index < -0.39 is 12.1 Å². The molecule has 0 aromatic heterocycles. The first kappa shape index (κ1) is 24.1. The molecule has 8 nitrogen and oxygen atoms in total. The van der Waals surface area contributed by atoms with E-state index in [4.69, 9.17) is 25.8 Å². The Balaban J connectivity index is 1.64. The van der Waals surface area contributed by atoms with Gasteiger partial charge in [-0.15, -0.1) is 11.6 Å². The Bertz CT molecular complexity index is 662. The molecule has 0 spiro atoms. The van der Waals surface area contributed by atoms with E-state index in [0.717, 1.165) is 25.8 Å². The summed E-state index contributed by atoms with van der Waals surface area (Å²) in [4.78, 5) is 40.9. The molecule has 9 heteroatoms. The SMILES string of the molecule is CCOC(=O)C1CC2CC(CN3C[C@@H](Cl)C[C@H]3C(=O)OCC)CCC2CN1C(=O)OC. The molecule has 1 saturated carbocycles. The average molecular weight is 459 g/mol. The number of esters is 2. The highest BCUT2D eigenvalue weighted by Crippen LogP contribution is 2.42. The third-order valence-corrected chi connectivity index (χ3v) is 7.27. The Labute approximate surface area is 189 Å². The summed E-state index contributed by atoms with van der Waals surface area (Å²) >= 11 is 6.37. The smallest absolute Gasteiger partial charge is 0.410 e. The molecular formula is C22H35ClN2O6. The van der Waals surface area contributed by atoms with Crippen molar-refractivity contribution >= 4 is 29.6 Å². The molecule has 3 aliphatic rings. The lowest BCUT2D eigenvalue weighted by Crippen LogP contribution is -2.55. The van der Waals surface area contributed by atoms with Gasteiger partial charge in [-0.2, -0.15) is 0 Å². The van der Waals surface area contributed by atoms with Crippen LogP contribution in [0, 0.1) is 17.8 Å². The number of halogens is 1. The van der Waals surface area contributed by atoms with Crippen molar-refractivity contribution in [3.8, 4) is 0 Å². The second kappa shape index (κ2) is 10.9. The molecule has 3 rings (SSSR count). The number of piperidine rings is 1. The van der Waals surface area contributed by atoms with Gasteiger partial charge in [0.1, 0.15) is 12.1 Å². The second-order valence-electron chi connectivity index (χ2n) is 8.88. The zero-order chi connectivity index (χ0) is 22.5. The van der Waals surface area contributed by atoms with Gasteiger partial charge in [0.25, 0.3) is 0 Å². The van der Waals surface area contributed by atoms with Gasteiger partial charge in [0.05, 0.1) is 20.3 Å². The number of hydrogen-bond donors (Lipinski definition) is 0. The van der Waals surface area contributed by atoms with E-state index in [2.05, 4.69) is 4.90 Å². The van der Waals surface area contributed by atoms with Crippen LogP contribution in [0.15, 0.2) is 0 Å². The fourth-order valence-electron chi connectivity index (χ4n) is 5.56. The van der Waals surface area contributed by atoms with Crippen LogP contribution in [0.2, 0.25) is 0 Å². The van der Waals surface area contributed by atoms with Crippen molar-refractivity contribution in [2.45, 2.75) is 63.4 Å². The summed E-state index contributed by atoms with van der Waals surface area (Å²) in [6, 6.07) is -0.868. The molecule has 0 aromatic carbocycles. The Kier molecular flexibility index (Phi) is 8.44. The van der Waals surface area contributed by atoms with Crippen molar-refractivity contribution in [2.75, 3.05) is 40.0 Å². The number of hydrogen-bond acceptors (Lipinski definition) is 7. The summed E-state index contributed by atoms with van der Waals surface area (Å²) in [5.41, 5.74) is 0. The summed E-state index contributed by atoms with van der Waals surface area (Å²) in [7, 11) is 1.34. The first-order valence-electron chi connectivity index (χ1n) is 11.4. The number of nitrogens with zero attached hydrogens (tertiary/aromatic N) is 2. The van der Waals surface area contributed by atoms with Crippen LogP contribution in [-0.2, 0) is 23.8 Å². The summed E-state index contributed by atoms with van der Waals surface area (Å²) in [6.07, 6.45) is 3.72. The minimum Gasteiger partial charge on any atom is -0.465 e. The summed E-state index contributed by atoms with van der Waals surface area (Å²) < 4.78 is 15.4. The maximum Gasteiger partial charge on any atom is 0.410 e. The van der Waals surface area contributed by atoms with Crippen molar-refractivity contribution in [3.63, 3.8) is 0 Å². The lowest BCUT2D eigenvalue weighted by Gasteiger charge is -2.46. The molecule has 3 fully saturated rings. The maximum atomic E-state index is 12.5. The zero-order valence-electron chi connectivity index (χ0n) is 18.8. The molecule has 176 valence electrons. The number of carbonyl (C=O) groups excluding carboxylic acids is 3. The van der Waals surface area contributed by atoms with E-state index in [1.165, 1.54) is 12.0 Å². The zero-order valence-corrected chi connectivity index (χ0v) is 19.5. The van der Waals surface area contributed by atoms with Crippen LogP contribution >= 0.6 is 11.6 Å². The van der Waals surface area contributed by atoms with E-state index in [9.17, 15) is 14.4 Å². The third kappa shape index (κ3) is 5.64. The first-order valence-corrected chi connectivity index (χ1v) is 11.9. The molecule has 6 atom stereocenters. The van der Waals surface area contributed by atoms with Gasteiger partial charge in [0.2, 0.25) is 0 Å². The highest BCUT2D eigenvalue weighted by molar-refractivity contribution is 6.21. The summed E-state index contributed by atoms with van der Waals surface area (Å²) in [6.45, 7) is 6.25. The van der Waals surface area contributed by atoms with Gasteiger partial charge in [0, 0.05) is 25.0 Å². The topological polar surface area (TPSA) is 85.4 Å². The van der Waals surface area contributed by atoms with Crippen molar-refractivity contribution < 1.29 is 28.6 Å². The summed E-state index contributed by atoms with van der Waals surface area (Å²) in [5.74, 6) is 0.562. The van der Waals surface area contributed by atoms with Crippen molar-refractivity contribution in [3.05, 3.63) is 0 Å². The van der Waals surface area contributed by atoms with Gasteiger partial charge in [-0.1, -0.05) is 0 Å². The van der Waals surface area contributed by atoms with Crippen LogP contribution < -0.4 is 0 Å². The van der Waals surface area contributed by atoms with Crippen LogP contribution in [0.4, 0.5) is 4.79 Å². The van der Waals surface area contributed by atoms with Crippen molar-refractivity contribution in [1.82, 2.24) is 9.80 Å². The molecule has 4 unspecified atom stereocenters. The lowest BCUT2D eigenvalue weighted by molar-refractivity contribution is -0.153. The molecular weight excluding hydrogens is 424 g/mol. The quantitative estimate of drug-likeness (QED) is 0.343. The van der Waals surface area contributed by atoms with E-state index in [0.29, 0.717) is 50.3 Å². The minimum atomic E-state index is -0.598. The van der Waals surface area contributed by atoms with Crippen LogP contribution in [0.25, 0.3) is 0 Å². The largest absolute Gasteiger partial charge is 0.465 e. The molecule has 0 N–H and O–H groups in total. The van der Waals surface area contributed by atoms with E-state index in [-0.39, 0.29) is 30.0 Å². The van der Waals surface area contributed by atoms with Gasteiger partial charge >= 0.3 is 18.0 Å². The van der Waals surface area contributed by atoms with Gasteiger partial charge in [-0.3, -0.25) is 14.6 Å². The Morgan fingerprint density at radius 2 is 1.58 bits per heavy atom. The number of amides is 1. The highest BCUT2D eigenvalue weighted by Gasteiger charge is 2.46.